The van der Waals surface area contributed by atoms with E-state index in [0.717, 1.165) is 11.6 Å². The molecule has 1 atom stereocenters. The van der Waals surface area contributed by atoms with Crippen LogP contribution in [0.4, 0.5) is 4.39 Å². The van der Waals surface area contributed by atoms with Crippen LogP contribution in [0.1, 0.15) is 18.1 Å². The number of nitrogens with zero attached hydrogens (tertiary/aromatic N) is 5. The van der Waals surface area contributed by atoms with Crippen LogP contribution in [0.15, 0.2) is 11.9 Å². The minimum atomic E-state index is -0.275. The first-order chi connectivity index (χ1) is 9.56. The minimum absolute atomic E-state index is 0.0190. The van der Waals surface area contributed by atoms with E-state index in [9.17, 15) is 9.18 Å². The lowest BCUT2D eigenvalue weighted by Crippen LogP contribution is -2.52. The van der Waals surface area contributed by atoms with Gasteiger partial charge in [0.15, 0.2) is 0 Å². The van der Waals surface area contributed by atoms with Crippen molar-refractivity contribution in [3.63, 3.8) is 0 Å². The van der Waals surface area contributed by atoms with Gasteiger partial charge in [0.1, 0.15) is 23.5 Å². The molecule has 0 saturated heterocycles. The van der Waals surface area contributed by atoms with Crippen LogP contribution < -0.4 is 0 Å². The Kier molecular flexibility index (Phi) is 3.29. The van der Waals surface area contributed by atoms with E-state index in [1.165, 1.54) is 0 Å². The Morgan fingerprint density at radius 2 is 2.20 bits per heavy atom. The van der Waals surface area contributed by atoms with E-state index in [1.54, 1.807) is 11.0 Å². The highest BCUT2D eigenvalue weighted by Gasteiger charge is 2.34. The molecule has 0 fully saturated rings. The Labute approximate surface area is 116 Å². The Balaban J connectivity index is 1.79. The summed E-state index contributed by atoms with van der Waals surface area (Å²) < 4.78 is 15.3. The highest BCUT2D eigenvalue weighted by atomic mass is 19.1. The third kappa shape index (κ3) is 2.22. The molecular weight excluding hydrogens is 261 g/mol. The zero-order chi connectivity index (χ0) is 14.3. The quantitative estimate of drug-likeness (QED) is 0.750. The van der Waals surface area contributed by atoms with Gasteiger partial charge in [-0.25, -0.2) is 4.39 Å². The lowest BCUT2D eigenvalue weighted by Gasteiger charge is -2.36. The van der Waals surface area contributed by atoms with Gasteiger partial charge in [0.05, 0.1) is 19.6 Å². The molecule has 0 aromatic carbocycles. The van der Waals surface area contributed by atoms with E-state index in [1.807, 2.05) is 23.4 Å². The number of aryl methyl sites for hydroxylation is 1. The number of aromatic nitrogens is 3. The molecule has 1 aromatic rings. The van der Waals surface area contributed by atoms with E-state index >= 15 is 0 Å². The zero-order valence-electron chi connectivity index (χ0n) is 11.7. The molecule has 2 aliphatic heterocycles. The first-order valence-electron chi connectivity index (χ1n) is 6.78. The number of amides is 1. The molecule has 6 nitrogen and oxygen atoms in total. The van der Waals surface area contributed by atoms with E-state index < -0.39 is 0 Å². The summed E-state index contributed by atoms with van der Waals surface area (Å²) in [6.45, 7) is 3.68. The van der Waals surface area contributed by atoms with Crippen molar-refractivity contribution in [1.29, 1.82) is 0 Å². The van der Waals surface area contributed by atoms with Crippen LogP contribution in [0, 0.1) is 6.92 Å². The standard InChI is InChI=1S/C13H18FN5O/c1-9-15-16-12-8-17(2)11(7-19(9)12)13(20)18-5-3-4-10(14)6-18/h4,11H,3,5-8H2,1-2H3. The fourth-order valence-corrected chi connectivity index (χ4v) is 2.79. The molecule has 0 radical (unpaired) electrons. The maximum absolute atomic E-state index is 13.3. The number of hydrogen-bond donors (Lipinski definition) is 0. The summed E-state index contributed by atoms with van der Waals surface area (Å²) in [4.78, 5) is 16.1. The van der Waals surface area contributed by atoms with Gasteiger partial charge < -0.3 is 9.47 Å². The number of hydrogen-bond acceptors (Lipinski definition) is 4. The van der Waals surface area contributed by atoms with Crippen LogP contribution in [0.2, 0.25) is 0 Å². The predicted octanol–water partition coefficient (Wildman–Crippen LogP) is 0.486. The maximum atomic E-state index is 13.3. The molecule has 0 bridgehead atoms. The van der Waals surface area contributed by atoms with Gasteiger partial charge in [-0.3, -0.25) is 9.69 Å². The van der Waals surface area contributed by atoms with Crippen molar-refractivity contribution in [2.24, 2.45) is 0 Å². The SMILES string of the molecule is Cc1nnc2n1CC(C(=O)N1CCC=C(F)C1)N(C)C2. The third-order valence-electron chi connectivity index (χ3n) is 3.99. The van der Waals surface area contributed by atoms with Crippen molar-refractivity contribution < 1.29 is 9.18 Å². The second-order valence-electron chi connectivity index (χ2n) is 5.40. The number of halogens is 1. The number of likely N-dealkylation sites (N-methyl/N-ethyl adjacent to an activating group) is 1. The van der Waals surface area contributed by atoms with Gasteiger partial charge in [0.25, 0.3) is 0 Å². The summed E-state index contributed by atoms with van der Waals surface area (Å²) in [5.74, 6) is 1.45. The second kappa shape index (κ2) is 4.97. The van der Waals surface area contributed by atoms with Crippen LogP contribution >= 0.6 is 0 Å². The molecule has 108 valence electrons. The molecular formula is C13H18FN5O. The second-order valence-corrected chi connectivity index (χ2v) is 5.40. The van der Waals surface area contributed by atoms with Crippen molar-refractivity contribution in [2.45, 2.75) is 32.5 Å². The van der Waals surface area contributed by atoms with E-state index in [2.05, 4.69) is 10.2 Å². The Morgan fingerprint density at radius 3 is 2.95 bits per heavy atom. The maximum Gasteiger partial charge on any atom is 0.242 e. The molecule has 1 aromatic heterocycles. The number of carbonyl (C=O) groups excluding carboxylic acids is 1. The van der Waals surface area contributed by atoms with Gasteiger partial charge in [0, 0.05) is 6.54 Å². The van der Waals surface area contributed by atoms with Crippen molar-refractivity contribution in [3.05, 3.63) is 23.6 Å². The largest absolute Gasteiger partial charge is 0.334 e. The smallest absolute Gasteiger partial charge is 0.242 e. The first kappa shape index (κ1) is 13.2. The fraction of sp³-hybridized carbons (Fsp3) is 0.615. The van der Waals surface area contributed by atoms with Crippen LogP contribution in [0.25, 0.3) is 0 Å². The molecule has 3 heterocycles. The van der Waals surface area contributed by atoms with Crippen LogP contribution in [-0.2, 0) is 17.9 Å². The van der Waals surface area contributed by atoms with Gasteiger partial charge in [0.2, 0.25) is 5.91 Å². The Morgan fingerprint density at radius 1 is 1.40 bits per heavy atom. The van der Waals surface area contributed by atoms with E-state index in [0.29, 0.717) is 26.1 Å². The molecule has 0 spiro atoms. The summed E-state index contributed by atoms with van der Waals surface area (Å²) in [6.07, 6.45) is 2.14. The van der Waals surface area contributed by atoms with Crippen LogP contribution in [0.3, 0.4) is 0 Å². The number of rotatable bonds is 1. The molecule has 7 heteroatoms. The summed E-state index contributed by atoms with van der Waals surface area (Å²) in [7, 11) is 1.90. The third-order valence-corrected chi connectivity index (χ3v) is 3.99. The van der Waals surface area contributed by atoms with Crippen LogP contribution in [-0.4, -0.2) is 56.7 Å². The molecule has 20 heavy (non-hydrogen) atoms. The van der Waals surface area contributed by atoms with Gasteiger partial charge in [-0.1, -0.05) is 0 Å². The molecule has 3 rings (SSSR count). The summed E-state index contributed by atoms with van der Waals surface area (Å²) in [5.41, 5.74) is 0. The fourth-order valence-electron chi connectivity index (χ4n) is 2.79. The highest BCUT2D eigenvalue weighted by Crippen LogP contribution is 2.19. The van der Waals surface area contributed by atoms with E-state index in [4.69, 9.17) is 0 Å². The van der Waals surface area contributed by atoms with Crippen molar-refractivity contribution in [2.75, 3.05) is 20.1 Å². The number of fused-ring (bicyclic) bond motifs is 1. The normalized spacial score (nSPS) is 23.4. The molecule has 0 saturated carbocycles. The predicted molar refractivity (Wildman–Crippen MR) is 70.4 cm³/mol. The monoisotopic (exact) mass is 279 g/mol. The summed E-state index contributed by atoms with van der Waals surface area (Å²) in [6, 6.07) is -0.275. The van der Waals surface area contributed by atoms with Gasteiger partial charge >= 0.3 is 0 Å². The van der Waals surface area contributed by atoms with Crippen molar-refractivity contribution in [1.82, 2.24) is 24.6 Å². The highest BCUT2D eigenvalue weighted by molar-refractivity contribution is 5.82. The molecule has 1 amide bonds. The summed E-state index contributed by atoms with van der Waals surface area (Å²) in [5, 5.41) is 8.15. The van der Waals surface area contributed by atoms with Crippen LogP contribution in [0.5, 0.6) is 0 Å². The molecule has 1 unspecified atom stereocenters. The summed E-state index contributed by atoms with van der Waals surface area (Å²) >= 11 is 0. The van der Waals surface area contributed by atoms with E-state index in [-0.39, 0.29) is 24.3 Å². The van der Waals surface area contributed by atoms with Gasteiger partial charge in [-0.2, -0.15) is 0 Å². The first-order valence-corrected chi connectivity index (χ1v) is 6.78. The average molecular weight is 279 g/mol. The molecule has 0 N–H and O–H groups in total. The molecule has 2 aliphatic rings. The lowest BCUT2D eigenvalue weighted by molar-refractivity contribution is -0.138. The average Bonchev–Trinajstić information content (AvgIpc) is 2.78. The Bertz CT molecular complexity index is 567. The van der Waals surface area contributed by atoms with Gasteiger partial charge in [-0.15, -0.1) is 10.2 Å². The van der Waals surface area contributed by atoms with Crippen molar-refractivity contribution >= 4 is 5.91 Å². The molecule has 0 aliphatic carbocycles. The zero-order valence-corrected chi connectivity index (χ0v) is 11.7. The Hall–Kier alpha value is -1.76. The minimum Gasteiger partial charge on any atom is -0.334 e. The van der Waals surface area contributed by atoms with Gasteiger partial charge in [-0.05, 0) is 26.5 Å². The lowest BCUT2D eigenvalue weighted by atomic mass is 10.1. The van der Waals surface area contributed by atoms with Crippen molar-refractivity contribution in [3.8, 4) is 0 Å². The topological polar surface area (TPSA) is 54.3 Å². The number of carbonyl (C=O) groups is 1.